The second-order valence-corrected chi connectivity index (χ2v) is 6.85. The molecule has 1 atom stereocenters. The first-order valence-corrected chi connectivity index (χ1v) is 8.44. The largest absolute Gasteiger partial charge is 0.294 e. The van der Waals surface area contributed by atoms with E-state index in [0.29, 0.717) is 0 Å². The van der Waals surface area contributed by atoms with E-state index in [1.165, 1.54) is 30.0 Å². The number of nitrogens with zero attached hydrogens (tertiary/aromatic N) is 2. The van der Waals surface area contributed by atoms with E-state index in [9.17, 15) is 19.7 Å². The second kappa shape index (κ2) is 6.94. The number of aryl methyl sites for hydroxylation is 1. The Hall–Kier alpha value is -2.87. The minimum absolute atomic E-state index is 0.0466. The SMILES string of the molecule is Cc1ccc(S[C@@H]2CC(=O)N(Nc3ccccc3[N+](=O)[O-])C2=O)cc1. The first kappa shape index (κ1) is 17.0. The number of carbonyl (C=O) groups excluding carboxylic acids is 2. The van der Waals surface area contributed by atoms with Gasteiger partial charge in [0.15, 0.2) is 0 Å². The molecule has 0 bridgehead atoms. The van der Waals surface area contributed by atoms with Crippen molar-refractivity contribution in [1.82, 2.24) is 5.01 Å². The maximum atomic E-state index is 12.5. The van der Waals surface area contributed by atoms with Gasteiger partial charge in [0.1, 0.15) is 5.69 Å². The lowest BCUT2D eigenvalue weighted by atomic mass is 10.2. The zero-order chi connectivity index (χ0) is 18.0. The first-order valence-electron chi connectivity index (χ1n) is 7.56. The second-order valence-electron chi connectivity index (χ2n) is 5.58. The fraction of sp³-hybridized carbons (Fsp3) is 0.176. The maximum absolute atomic E-state index is 12.5. The van der Waals surface area contributed by atoms with Crippen LogP contribution >= 0.6 is 11.8 Å². The zero-order valence-electron chi connectivity index (χ0n) is 13.3. The molecule has 0 spiro atoms. The van der Waals surface area contributed by atoms with Crippen molar-refractivity contribution in [1.29, 1.82) is 0 Å². The molecule has 2 aromatic carbocycles. The molecule has 1 saturated heterocycles. The number of anilines is 1. The number of imide groups is 1. The van der Waals surface area contributed by atoms with Gasteiger partial charge in [0.25, 0.3) is 11.6 Å². The smallest absolute Gasteiger partial charge is 0.282 e. The number of nitro groups is 1. The number of rotatable bonds is 5. The van der Waals surface area contributed by atoms with Crippen molar-refractivity contribution in [2.45, 2.75) is 23.5 Å². The number of nitrogens with one attached hydrogen (secondary N) is 1. The summed E-state index contributed by atoms with van der Waals surface area (Å²) < 4.78 is 0. The highest BCUT2D eigenvalue weighted by atomic mass is 32.2. The molecule has 128 valence electrons. The Morgan fingerprint density at radius 3 is 2.52 bits per heavy atom. The summed E-state index contributed by atoms with van der Waals surface area (Å²) in [7, 11) is 0. The number of hydrogen-bond donors (Lipinski definition) is 1. The minimum atomic E-state index is -0.564. The third-order valence-corrected chi connectivity index (χ3v) is 4.93. The lowest BCUT2D eigenvalue weighted by Gasteiger charge is -2.17. The van der Waals surface area contributed by atoms with Crippen LogP contribution in [0.1, 0.15) is 12.0 Å². The van der Waals surface area contributed by atoms with Crippen LogP contribution in [0, 0.1) is 17.0 Å². The summed E-state index contributed by atoms with van der Waals surface area (Å²) in [4.78, 5) is 36.1. The van der Waals surface area contributed by atoms with Gasteiger partial charge in [-0.05, 0) is 25.1 Å². The van der Waals surface area contributed by atoms with Crippen LogP contribution in [0.25, 0.3) is 0 Å². The molecule has 7 nitrogen and oxygen atoms in total. The first-order chi connectivity index (χ1) is 12.0. The van der Waals surface area contributed by atoms with Crippen molar-refractivity contribution in [3.8, 4) is 0 Å². The number of benzene rings is 2. The van der Waals surface area contributed by atoms with E-state index in [0.717, 1.165) is 15.5 Å². The van der Waals surface area contributed by atoms with Gasteiger partial charge in [-0.15, -0.1) is 11.8 Å². The van der Waals surface area contributed by atoms with E-state index in [1.807, 2.05) is 31.2 Å². The lowest BCUT2D eigenvalue weighted by Crippen LogP contribution is -2.36. The van der Waals surface area contributed by atoms with Gasteiger partial charge >= 0.3 is 0 Å². The third kappa shape index (κ3) is 3.63. The van der Waals surface area contributed by atoms with E-state index in [2.05, 4.69) is 5.43 Å². The zero-order valence-corrected chi connectivity index (χ0v) is 14.2. The fourth-order valence-corrected chi connectivity index (χ4v) is 3.50. The Kier molecular flexibility index (Phi) is 4.71. The monoisotopic (exact) mass is 357 g/mol. The Labute approximate surface area is 148 Å². The molecule has 0 aliphatic carbocycles. The maximum Gasteiger partial charge on any atom is 0.294 e. The van der Waals surface area contributed by atoms with Gasteiger partial charge < -0.3 is 0 Å². The Morgan fingerprint density at radius 1 is 1.16 bits per heavy atom. The van der Waals surface area contributed by atoms with Gasteiger partial charge in [0, 0.05) is 11.0 Å². The highest BCUT2D eigenvalue weighted by molar-refractivity contribution is 8.00. The molecule has 1 N–H and O–H groups in total. The van der Waals surface area contributed by atoms with Gasteiger partial charge in [0.05, 0.1) is 16.6 Å². The summed E-state index contributed by atoms with van der Waals surface area (Å²) in [5.74, 6) is -0.818. The van der Waals surface area contributed by atoms with E-state index in [1.54, 1.807) is 6.07 Å². The van der Waals surface area contributed by atoms with Crippen molar-refractivity contribution in [2.75, 3.05) is 5.43 Å². The highest BCUT2D eigenvalue weighted by Gasteiger charge is 2.40. The summed E-state index contributed by atoms with van der Waals surface area (Å²) in [6.07, 6.45) is 0.0466. The summed E-state index contributed by atoms with van der Waals surface area (Å²) in [5.41, 5.74) is 3.61. The van der Waals surface area contributed by atoms with Crippen LogP contribution in [-0.4, -0.2) is 27.0 Å². The van der Waals surface area contributed by atoms with Crippen LogP contribution in [0.15, 0.2) is 53.4 Å². The van der Waals surface area contributed by atoms with Gasteiger partial charge in [-0.1, -0.05) is 29.8 Å². The highest BCUT2D eigenvalue weighted by Crippen LogP contribution is 2.33. The number of hydrogen-bond acceptors (Lipinski definition) is 6. The number of para-hydroxylation sites is 2. The van der Waals surface area contributed by atoms with Crippen LogP contribution in [0.5, 0.6) is 0 Å². The summed E-state index contributed by atoms with van der Waals surface area (Å²) >= 11 is 1.31. The molecular formula is C17H15N3O4S. The minimum Gasteiger partial charge on any atom is -0.282 e. The van der Waals surface area contributed by atoms with Crippen molar-refractivity contribution in [3.63, 3.8) is 0 Å². The van der Waals surface area contributed by atoms with Crippen LogP contribution in [-0.2, 0) is 9.59 Å². The van der Waals surface area contributed by atoms with Crippen LogP contribution in [0.3, 0.4) is 0 Å². The number of carbonyl (C=O) groups is 2. The summed E-state index contributed by atoms with van der Waals surface area (Å²) in [5, 5.41) is 11.4. The molecule has 1 aliphatic heterocycles. The Morgan fingerprint density at radius 2 is 1.84 bits per heavy atom. The Balaban J connectivity index is 1.76. The van der Waals surface area contributed by atoms with Gasteiger partial charge in [-0.2, -0.15) is 5.01 Å². The molecule has 3 rings (SSSR count). The average molecular weight is 357 g/mol. The molecule has 1 aliphatic rings. The standard InChI is InChI=1S/C17H15N3O4S/c1-11-6-8-12(9-7-11)25-15-10-16(21)19(17(15)22)18-13-4-2-3-5-14(13)20(23)24/h2-9,15,18H,10H2,1H3/t15-/m1/s1. The molecule has 1 fully saturated rings. The molecule has 0 saturated carbocycles. The normalized spacial score (nSPS) is 17.0. The quantitative estimate of drug-likeness (QED) is 0.502. The Bertz CT molecular complexity index is 838. The summed E-state index contributed by atoms with van der Waals surface area (Å²) in [6, 6.07) is 13.6. The van der Waals surface area contributed by atoms with Gasteiger partial charge in [0.2, 0.25) is 5.91 Å². The fourth-order valence-electron chi connectivity index (χ4n) is 2.44. The molecule has 0 unspecified atom stereocenters. The molecule has 1 heterocycles. The van der Waals surface area contributed by atoms with Crippen molar-refractivity contribution in [2.24, 2.45) is 0 Å². The van der Waals surface area contributed by atoms with Crippen molar-refractivity contribution >= 4 is 35.0 Å². The number of amides is 2. The molecular weight excluding hydrogens is 342 g/mol. The van der Waals surface area contributed by atoms with E-state index < -0.39 is 22.0 Å². The topological polar surface area (TPSA) is 92.6 Å². The van der Waals surface area contributed by atoms with Crippen LogP contribution in [0.4, 0.5) is 11.4 Å². The molecule has 2 amide bonds. The number of thioether (sulfide) groups is 1. The lowest BCUT2D eigenvalue weighted by molar-refractivity contribution is -0.384. The predicted octanol–water partition coefficient (Wildman–Crippen LogP) is 3.15. The molecule has 8 heteroatoms. The van der Waals surface area contributed by atoms with Crippen molar-refractivity contribution in [3.05, 3.63) is 64.2 Å². The molecule has 0 aromatic heterocycles. The number of nitro benzene ring substituents is 1. The third-order valence-electron chi connectivity index (χ3n) is 3.74. The van der Waals surface area contributed by atoms with Crippen molar-refractivity contribution < 1.29 is 14.5 Å². The summed E-state index contributed by atoms with van der Waals surface area (Å²) in [6.45, 7) is 1.97. The van der Waals surface area contributed by atoms with Crippen LogP contribution < -0.4 is 5.43 Å². The predicted molar refractivity (Wildman–Crippen MR) is 94.0 cm³/mol. The molecule has 2 aromatic rings. The van der Waals surface area contributed by atoms with E-state index in [-0.39, 0.29) is 17.8 Å². The van der Waals surface area contributed by atoms with Gasteiger partial charge in [-0.3, -0.25) is 25.1 Å². The average Bonchev–Trinajstić information content (AvgIpc) is 2.85. The van der Waals surface area contributed by atoms with Crippen LogP contribution in [0.2, 0.25) is 0 Å². The molecule has 0 radical (unpaired) electrons. The molecule has 25 heavy (non-hydrogen) atoms. The van der Waals surface area contributed by atoms with E-state index >= 15 is 0 Å². The number of hydrazine groups is 1. The van der Waals surface area contributed by atoms with E-state index in [4.69, 9.17) is 0 Å². The van der Waals surface area contributed by atoms with Gasteiger partial charge in [-0.25, -0.2) is 0 Å².